The Kier molecular flexibility index (Phi) is 2.00. The summed E-state index contributed by atoms with van der Waals surface area (Å²) >= 11 is 1.60. The van der Waals surface area contributed by atoms with Crippen molar-refractivity contribution in [3.8, 4) is 0 Å². The molecular weight excluding hydrogens is 108 g/mol. The second kappa shape index (κ2) is 2.58. The van der Waals surface area contributed by atoms with Crippen LogP contribution in [0.3, 0.4) is 0 Å². The highest BCUT2D eigenvalue weighted by Gasteiger charge is 2.07. The normalized spacial score (nSPS) is 33.0. The minimum absolute atomic E-state index is 0.793. The molecule has 1 nitrogen and oxygen atoms in total. The van der Waals surface area contributed by atoms with Crippen LogP contribution in [-0.2, 0) is 4.18 Å². The quantitative estimate of drug-likeness (QED) is 0.448. The average molecular weight is 118 g/mol. The number of rotatable bonds is 0. The molecule has 1 aliphatic heterocycles. The van der Waals surface area contributed by atoms with Gasteiger partial charge in [-0.3, -0.25) is 0 Å². The largest absolute Gasteiger partial charge is 0.315 e. The molecular formula is C5H10OS. The maximum absolute atomic E-state index is 5.10. The maximum atomic E-state index is 5.10. The van der Waals surface area contributed by atoms with E-state index in [4.69, 9.17) is 4.18 Å². The smallest absolute Gasteiger partial charge is 0.0639 e. The minimum Gasteiger partial charge on any atom is -0.315 e. The highest BCUT2D eigenvalue weighted by Crippen LogP contribution is 2.18. The predicted octanol–water partition coefficient (Wildman–Crippen LogP) is 1.69. The summed E-state index contributed by atoms with van der Waals surface area (Å²) in [5, 5.41) is 0. The van der Waals surface area contributed by atoms with Crippen LogP contribution in [0.5, 0.6) is 0 Å². The van der Waals surface area contributed by atoms with Crippen LogP contribution in [0.25, 0.3) is 0 Å². The lowest BCUT2D eigenvalue weighted by atomic mass is 10.1. The van der Waals surface area contributed by atoms with Crippen molar-refractivity contribution in [3.05, 3.63) is 0 Å². The molecule has 0 saturated carbocycles. The Bertz CT molecular complexity index is 50.0. The molecule has 0 aromatic carbocycles. The van der Waals surface area contributed by atoms with Gasteiger partial charge in [-0.1, -0.05) is 6.92 Å². The summed E-state index contributed by atoms with van der Waals surface area (Å²) in [6, 6.07) is 0. The van der Waals surface area contributed by atoms with Crippen LogP contribution in [0, 0.1) is 5.92 Å². The van der Waals surface area contributed by atoms with Gasteiger partial charge in [0.15, 0.2) is 0 Å². The first kappa shape index (κ1) is 5.45. The third-order valence-corrected chi connectivity index (χ3v) is 1.83. The fourth-order valence-corrected chi connectivity index (χ4v) is 1.50. The molecule has 1 rings (SSSR count). The standard InChI is InChI=1S/C5H10OS/c1-5-2-3-7-6-4-5/h5H,2-4H2,1H3. The fraction of sp³-hybridized carbons (Fsp3) is 1.00. The van der Waals surface area contributed by atoms with E-state index in [1.54, 1.807) is 12.0 Å². The average Bonchev–Trinajstić information content (AvgIpc) is 1.69. The lowest BCUT2D eigenvalue weighted by Gasteiger charge is -2.15. The minimum atomic E-state index is 0.793. The third kappa shape index (κ3) is 1.70. The van der Waals surface area contributed by atoms with Gasteiger partial charge in [0.05, 0.1) is 6.61 Å². The second-order valence-corrected chi connectivity index (χ2v) is 2.88. The lowest BCUT2D eigenvalue weighted by Crippen LogP contribution is -2.09. The van der Waals surface area contributed by atoms with Crippen LogP contribution in [0.1, 0.15) is 13.3 Å². The number of hydrogen-bond donors (Lipinski definition) is 0. The van der Waals surface area contributed by atoms with Gasteiger partial charge >= 0.3 is 0 Å². The van der Waals surface area contributed by atoms with Crippen LogP contribution in [0.15, 0.2) is 0 Å². The van der Waals surface area contributed by atoms with Crippen molar-refractivity contribution in [1.82, 2.24) is 0 Å². The first-order chi connectivity index (χ1) is 3.39. The van der Waals surface area contributed by atoms with Gasteiger partial charge in [0.2, 0.25) is 0 Å². The van der Waals surface area contributed by atoms with Gasteiger partial charge in [0.25, 0.3) is 0 Å². The molecule has 7 heavy (non-hydrogen) atoms. The topological polar surface area (TPSA) is 9.23 Å². The van der Waals surface area contributed by atoms with Crippen molar-refractivity contribution in [1.29, 1.82) is 0 Å². The van der Waals surface area contributed by atoms with Crippen molar-refractivity contribution in [2.45, 2.75) is 13.3 Å². The Morgan fingerprint density at radius 2 is 2.57 bits per heavy atom. The Balaban J connectivity index is 2.12. The zero-order valence-corrected chi connectivity index (χ0v) is 5.33. The van der Waals surface area contributed by atoms with E-state index in [-0.39, 0.29) is 0 Å². The molecule has 1 saturated heterocycles. The van der Waals surface area contributed by atoms with Crippen molar-refractivity contribution < 1.29 is 4.18 Å². The van der Waals surface area contributed by atoms with E-state index in [2.05, 4.69) is 6.92 Å². The highest BCUT2D eigenvalue weighted by atomic mass is 32.2. The van der Waals surface area contributed by atoms with Crippen LogP contribution in [0.4, 0.5) is 0 Å². The van der Waals surface area contributed by atoms with E-state index in [1.165, 1.54) is 12.2 Å². The first-order valence-electron chi connectivity index (χ1n) is 2.64. The summed E-state index contributed by atoms with van der Waals surface area (Å²) in [6.45, 7) is 3.17. The highest BCUT2D eigenvalue weighted by molar-refractivity contribution is 7.94. The predicted molar refractivity (Wildman–Crippen MR) is 32.2 cm³/mol. The number of hydrogen-bond acceptors (Lipinski definition) is 2. The van der Waals surface area contributed by atoms with Crippen molar-refractivity contribution in [2.24, 2.45) is 5.92 Å². The molecule has 0 aromatic rings. The first-order valence-corrected chi connectivity index (χ1v) is 3.55. The van der Waals surface area contributed by atoms with E-state index in [9.17, 15) is 0 Å². The van der Waals surface area contributed by atoms with Crippen LogP contribution in [0.2, 0.25) is 0 Å². The second-order valence-electron chi connectivity index (χ2n) is 2.00. The molecule has 1 heterocycles. The summed E-state index contributed by atoms with van der Waals surface area (Å²) in [4.78, 5) is 0. The van der Waals surface area contributed by atoms with Crippen molar-refractivity contribution in [2.75, 3.05) is 12.4 Å². The molecule has 1 unspecified atom stereocenters. The lowest BCUT2D eigenvalue weighted by molar-refractivity contribution is 0.279. The maximum Gasteiger partial charge on any atom is 0.0639 e. The van der Waals surface area contributed by atoms with Gasteiger partial charge in [-0.2, -0.15) is 0 Å². The molecule has 1 atom stereocenters. The molecule has 0 spiro atoms. The summed E-state index contributed by atoms with van der Waals surface area (Å²) in [5.41, 5.74) is 0. The van der Waals surface area contributed by atoms with Crippen LogP contribution >= 0.6 is 12.0 Å². The Labute approximate surface area is 48.6 Å². The van der Waals surface area contributed by atoms with Gasteiger partial charge < -0.3 is 4.18 Å². The van der Waals surface area contributed by atoms with E-state index >= 15 is 0 Å². The zero-order valence-electron chi connectivity index (χ0n) is 4.52. The van der Waals surface area contributed by atoms with E-state index in [1.807, 2.05) is 0 Å². The van der Waals surface area contributed by atoms with Crippen molar-refractivity contribution >= 4 is 12.0 Å². The van der Waals surface area contributed by atoms with E-state index in [0.717, 1.165) is 12.5 Å². The summed E-state index contributed by atoms with van der Waals surface area (Å²) in [5.74, 6) is 1.97. The molecule has 0 bridgehead atoms. The molecule has 1 aliphatic rings. The molecule has 0 N–H and O–H groups in total. The molecule has 1 fully saturated rings. The molecule has 0 radical (unpaired) electrons. The third-order valence-electron chi connectivity index (χ3n) is 1.13. The summed E-state index contributed by atoms with van der Waals surface area (Å²) in [7, 11) is 0. The van der Waals surface area contributed by atoms with Gasteiger partial charge in [-0.25, -0.2) is 0 Å². The molecule has 2 heteroatoms. The fourth-order valence-electron chi connectivity index (χ4n) is 0.556. The van der Waals surface area contributed by atoms with Gasteiger partial charge in [-0.05, 0) is 24.4 Å². The zero-order chi connectivity index (χ0) is 5.11. The summed E-state index contributed by atoms with van der Waals surface area (Å²) in [6.07, 6.45) is 1.32. The van der Waals surface area contributed by atoms with Crippen molar-refractivity contribution in [3.63, 3.8) is 0 Å². The van der Waals surface area contributed by atoms with E-state index in [0.29, 0.717) is 0 Å². The molecule has 0 aliphatic carbocycles. The molecule has 0 amide bonds. The van der Waals surface area contributed by atoms with Crippen LogP contribution < -0.4 is 0 Å². The van der Waals surface area contributed by atoms with Crippen LogP contribution in [-0.4, -0.2) is 12.4 Å². The van der Waals surface area contributed by atoms with E-state index < -0.39 is 0 Å². The Morgan fingerprint density at radius 3 is 2.86 bits per heavy atom. The summed E-state index contributed by atoms with van der Waals surface area (Å²) < 4.78 is 5.10. The van der Waals surface area contributed by atoms with Gasteiger partial charge in [-0.15, -0.1) is 0 Å². The Hall–Kier alpha value is 0.310. The van der Waals surface area contributed by atoms with Gasteiger partial charge in [0, 0.05) is 5.75 Å². The SMILES string of the molecule is CC1CCSOC1. The monoisotopic (exact) mass is 118 g/mol. The molecule has 0 aromatic heterocycles. The Morgan fingerprint density at radius 1 is 1.71 bits per heavy atom. The molecule has 42 valence electrons. The van der Waals surface area contributed by atoms with Gasteiger partial charge in [0.1, 0.15) is 0 Å².